The van der Waals surface area contributed by atoms with Gasteiger partial charge < -0.3 is 4.74 Å². The van der Waals surface area contributed by atoms with E-state index in [0.717, 1.165) is 18.1 Å². The zero-order chi connectivity index (χ0) is 17.8. The fourth-order valence-electron chi connectivity index (χ4n) is 3.81. The maximum atomic E-state index is 5.71. The van der Waals surface area contributed by atoms with E-state index in [1.165, 1.54) is 128 Å². The summed E-state index contributed by atoms with van der Waals surface area (Å²) >= 11 is 5.35. The predicted octanol–water partition coefficient (Wildman–Crippen LogP) is 8.54. The molecule has 2 heteroatoms. The lowest BCUT2D eigenvalue weighted by Gasteiger charge is -2.08. The largest absolute Gasteiger partial charge is 0.487 e. The molecular weight excluding hydrogens is 324 g/mol. The van der Waals surface area contributed by atoms with Gasteiger partial charge in [-0.15, -0.1) is 0 Å². The van der Waals surface area contributed by atoms with E-state index >= 15 is 0 Å². The Labute approximate surface area is 163 Å². The summed E-state index contributed by atoms with van der Waals surface area (Å²) in [6.07, 6.45) is 29.1. The Morgan fingerprint density at radius 1 is 0.400 bits per heavy atom. The van der Waals surface area contributed by atoms with Gasteiger partial charge in [0.15, 0.2) is 5.05 Å². The van der Waals surface area contributed by atoms with Crippen molar-refractivity contribution in [1.82, 2.24) is 0 Å². The molecule has 0 radical (unpaired) electrons. The summed E-state index contributed by atoms with van der Waals surface area (Å²) in [6, 6.07) is 0. The van der Waals surface area contributed by atoms with Gasteiger partial charge in [0.1, 0.15) is 0 Å². The Kier molecular flexibility index (Phi) is 17.1. The summed E-state index contributed by atoms with van der Waals surface area (Å²) in [4.78, 5) is 0. The predicted molar refractivity (Wildman–Crippen MR) is 116 cm³/mol. The van der Waals surface area contributed by atoms with Crippen LogP contribution >= 0.6 is 12.2 Å². The van der Waals surface area contributed by atoms with Gasteiger partial charge in [0.25, 0.3) is 0 Å². The molecule has 1 aliphatic heterocycles. The maximum absolute atomic E-state index is 5.71. The minimum atomic E-state index is 0.846. The normalized spacial score (nSPS) is 23.3. The standard InChI is InChI=1S/C23H44OS/c25-23-21-19-17-15-13-11-9-7-5-3-1-2-4-6-8-10-12-14-16-18-20-22-24-23/h1-22H2. The molecule has 0 spiro atoms. The van der Waals surface area contributed by atoms with Crippen LogP contribution in [0.1, 0.15) is 135 Å². The highest BCUT2D eigenvalue weighted by Gasteiger charge is 2.00. The topological polar surface area (TPSA) is 9.23 Å². The van der Waals surface area contributed by atoms with E-state index in [9.17, 15) is 0 Å². The van der Waals surface area contributed by atoms with Crippen LogP contribution in [0.25, 0.3) is 0 Å². The van der Waals surface area contributed by atoms with Gasteiger partial charge in [-0.1, -0.05) is 116 Å². The highest BCUT2D eigenvalue weighted by atomic mass is 32.1. The van der Waals surface area contributed by atoms with E-state index in [-0.39, 0.29) is 0 Å². The van der Waals surface area contributed by atoms with Crippen molar-refractivity contribution < 1.29 is 4.74 Å². The first-order valence-corrected chi connectivity index (χ1v) is 12.0. The van der Waals surface area contributed by atoms with Crippen LogP contribution in [-0.2, 0) is 4.74 Å². The van der Waals surface area contributed by atoms with Crippen molar-refractivity contribution in [2.45, 2.75) is 135 Å². The Morgan fingerprint density at radius 3 is 1.04 bits per heavy atom. The van der Waals surface area contributed by atoms with E-state index in [1.54, 1.807) is 0 Å². The van der Waals surface area contributed by atoms with Gasteiger partial charge in [0.2, 0.25) is 0 Å². The van der Waals surface area contributed by atoms with Crippen LogP contribution in [0.15, 0.2) is 0 Å². The summed E-state index contributed by atoms with van der Waals surface area (Å²) in [5.41, 5.74) is 0. The number of hydrogen-bond donors (Lipinski definition) is 0. The molecule has 1 heterocycles. The van der Waals surface area contributed by atoms with Crippen molar-refractivity contribution in [3.63, 3.8) is 0 Å². The lowest BCUT2D eigenvalue weighted by Crippen LogP contribution is -2.03. The molecule has 1 nitrogen and oxygen atoms in total. The van der Waals surface area contributed by atoms with Gasteiger partial charge >= 0.3 is 0 Å². The van der Waals surface area contributed by atoms with Gasteiger partial charge in [0, 0.05) is 6.42 Å². The highest BCUT2D eigenvalue weighted by Crippen LogP contribution is 2.15. The van der Waals surface area contributed by atoms with Gasteiger partial charge in [-0.3, -0.25) is 0 Å². The fraction of sp³-hybridized carbons (Fsp3) is 0.957. The monoisotopic (exact) mass is 368 g/mol. The molecule has 0 saturated carbocycles. The minimum Gasteiger partial charge on any atom is -0.487 e. The molecule has 0 N–H and O–H groups in total. The van der Waals surface area contributed by atoms with E-state index in [2.05, 4.69) is 0 Å². The number of hydrogen-bond acceptors (Lipinski definition) is 2. The second kappa shape index (κ2) is 18.7. The van der Waals surface area contributed by atoms with Gasteiger partial charge in [0.05, 0.1) is 6.61 Å². The molecule has 1 aliphatic rings. The third kappa shape index (κ3) is 17.1. The SMILES string of the molecule is S=C1CCCCCCCCCCCCCCCCCCCCCCO1. The first-order valence-electron chi connectivity index (χ1n) is 11.6. The Balaban J connectivity index is 2.08. The number of rotatable bonds is 0. The van der Waals surface area contributed by atoms with Crippen LogP contribution in [0.5, 0.6) is 0 Å². The minimum absolute atomic E-state index is 0.846. The molecule has 0 aromatic heterocycles. The van der Waals surface area contributed by atoms with E-state index < -0.39 is 0 Å². The molecule has 0 atom stereocenters. The first kappa shape index (κ1) is 22.9. The smallest absolute Gasteiger partial charge is 0.159 e. The molecule has 0 amide bonds. The molecule has 1 rings (SSSR count). The summed E-state index contributed by atoms with van der Waals surface area (Å²) in [7, 11) is 0. The molecule has 25 heavy (non-hydrogen) atoms. The molecule has 0 aromatic carbocycles. The van der Waals surface area contributed by atoms with Gasteiger partial charge in [-0.2, -0.15) is 0 Å². The third-order valence-corrected chi connectivity index (χ3v) is 5.86. The summed E-state index contributed by atoms with van der Waals surface area (Å²) in [5, 5.41) is 0.856. The lowest BCUT2D eigenvalue weighted by atomic mass is 10.0. The van der Waals surface area contributed by atoms with Crippen molar-refractivity contribution in [2.24, 2.45) is 0 Å². The van der Waals surface area contributed by atoms with E-state index in [0.29, 0.717) is 0 Å². The van der Waals surface area contributed by atoms with Crippen molar-refractivity contribution in [3.8, 4) is 0 Å². The summed E-state index contributed by atoms with van der Waals surface area (Å²) in [6.45, 7) is 0.846. The van der Waals surface area contributed by atoms with E-state index in [1.807, 2.05) is 0 Å². The molecule has 0 bridgehead atoms. The molecule has 0 unspecified atom stereocenters. The van der Waals surface area contributed by atoms with Crippen LogP contribution in [-0.4, -0.2) is 11.7 Å². The Hall–Kier alpha value is -0.110. The van der Waals surface area contributed by atoms with Crippen molar-refractivity contribution in [1.29, 1.82) is 0 Å². The number of ether oxygens (including phenoxy) is 1. The van der Waals surface area contributed by atoms with Gasteiger partial charge in [-0.05, 0) is 25.1 Å². The van der Waals surface area contributed by atoms with Crippen LogP contribution < -0.4 is 0 Å². The zero-order valence-corrected chi connectivity index (χ0v) is 17.7. The summed E-state index contributed by atoms with van der Waals surface area (Å²) < 4.78 is 5.71. The first-order chi connectivity index (χ1) is 12.4. The molecular formula is C23H44OS. The average Bonchev–Trinajstić information content (AvgIpc) is 2.61. The highest BCUT2D eigenvalue weighted by molar-refractivity contribution is 7.80. The van der Waals surface area contributed by atoms with E-state index in [4.69, 9.17) is 17.0 Å². The van der Waals surface area contributed by atoms with Crippen LogP contribution in [0.3, 0.4) is 0 Å². The van der Waals surface area contributed by atoms with Crippen molar-refractivity contribution >= 4 is 17.3 Å². The zero-order valence-electron chi connectivity index (χ0n) is 16.9. The molecule has 0 aliphatic carbocycles. The van der Waals surface area contributed by atoms with Crippen molar-refractivity contribution in [2.75, 3.05) is 6.61 Å². The van der Waals surface area contributed by atoms with Gasteiger partial charge in [-0.25, -0.2) is 0 Å². The lowest BCUT2D eigenvalue weighted by molar-refractivity contribution is 0.290. The second-order valence-corrected chi connectivity index (χ2v) is 8.50. The van der Waals surface area contributed by atoms with Crippen LogP contribution in [0, 0.1) is 0 Å². The fourth-order valence-corrected chi connectivity index (χ4v) is 4.04. The summed E-state index contributed by atoms with van der Waals surface area (Å²) in [5.74, 6) is 0. The van der Waals surface area contributed by atoms with Crippen molar-refractivity contribution in [3.05, 3.63) is 0 Å². The van der Waals surface area contributed by atoms with Crippen LogP contribution in [0.4, 0.5) is 0 Å². The molecule has 0 aromatic rings. The second-order valence-electron chi connectivity index (χ2n) is 8.04. The maximum Gasteiger partial charge on any atom is 0.159 e. The molecule has 1 saturated heterocycles. The Bertz CT molecular complexity index is 264. The quantitative estimate of drug-likeness (QED) is 0.396. The molecule has 148 valence electrons. The molecule has 1 fully saturated rings. The average molecular weight is 369 g/mol. The third-order valence-electron chi connectivity index (χ3n) is 5.54. The van der Waals surface area contributed by atoms with Crippen LogP contribution in [0.2, 0.25) is 0 Å². The number of thiocarbonyl (C=S) groups is 1. The Morgan fingerprint density at radius 2 is 0.680 bits per heavy atom.